The third kappa shape index (κ3) is 2.18. The smallest absolute Gasteiger partial charge is 0.160 e. The summed E-state index contributed by atoms with van der Waals surface area (Å²) in [6.45, 7) is 3.02. The highest BCUT2D eigenvalue weighted by molar-refractivity contribution is 5.51. The van der Waals surface area contributed by atoms with Gasteiger partial charge in [0, 0.05) is 26.0 Å². The molecule has 0 fully saturated rings. The number of imidazole rings is 1. The highest BCUT2D eigenvalue weighted by Crippen LogP contribution is 2.14. The van der Waals surface area contributed by atoms with E-state index in [0.29, 0.717) is 0 Å². The van der Waals surface area contributed by atoms with Crippen LogP contribution in [0, 0.1) is 0 Å². The summed E-state index contributed by atoms with van der Waals surface area (Å²) in [5.74, 6) is 1.62. The maximum absolute atomic E-state index is 4.46. The van der Waals surface area contributed by atoms with Gasteiger partial charge in [-0.05, 0) is 6.42 Å². The van der Waals surface area contributed by atoms with E-state index >= 15 is 0 Å². The number of rotatable bonds is 4. The summed E-state index contributed by atoms with van der Waals surface area (Å²) < 4.78 is 1.92. The van der Waals surface area contributed by atoms with Crippen molar-refractivity contribution in [1.82, 2.24) is 19.5 Å². The van der Waals surface area contributed by atoms with Gasteiger partial charge in [-0.1, -0.05) is 6.92 Å². The Kier molecular flexibility index (Phi) is 3.14. The van der Waals surface area contributed by atoms with Crippen LogP contribution in [0.3, 0.4) is 0 Å². The van der Waals surface area contributed by atoms with Gasteiger partial charge in [0.05, 0.1) is 12.4 Å². The second-order valence-corrected chi connectivity index (χ2v) is 3.58. The van der Waals surface area contributed by atoms with Gasteiger partial charge >= 0.3 is 0 Å². The highest BCUT2D eigenvalue weighted by Gasteiger charge is 2.05. The fourth-order valence-corrected chi connectivity index (χ4v) is 1.42. The van der Waals surface area contributed by atoms with Gasteiger partial charge in [-0.3, -0.25) is 4.98 Å². The minimum Gasteiger partial charge on any atom is -0.369 e. The van der Waals surface area contributed by atoms with E-state index < -0.39 is 0 Å². The molecule has 0 spiro atoms. The summed E-state index contributed by atoms with van der Waals surface area (Å²) >= 11 is 0. The van der Waals surface area contributed by atoms with Gasteiger partial charge in [-0.15, -0.1) is 0 Å². The van der Waals surface area contributed by atoms with Gasteiger partial charge < -0.3 is 9.88 Å². The SMILES string of the molecule is CCCNc1cncc(-c2nccn2C)n1. The van der Waals surface area contributed by atoms with E-state index in [2.05, 4.69) is 27.2 Å². The molecular weight excluding hydrogens is 202 g/mol. The van der Waals surface area contributed by atoms with E-state index in [1.54, 1.807) is 18.6 Å². The zero-order valence-electron chi connectivity index (χ0n) is 9.51. The zero-order chi connectivity index (χ0) is 11.4. The Balaban J connectivity index is 2.26. The molecule has 5 heteroatoms. The summed E-state index contributed by atoms with van der Waals surface area (Å²) in [7, 11) is 1.94. The summed E-state index contributed by atoms with van der Waals surface area (Å²) in [4.78, 5) is 12.9. The molecule has 0 aliphatic rings. The first kappa shape index (κ1) is 10.6. The van der Waals surface area contributed by atoms with E-state index in [-0.39, 0.29) is 0 Å². The number of hydrogen-bond acceptors (Lipinski definition) is 4. The van der Waals surface area contributed by atoms with Crippen molar-refractivity contribution in [2.24, 2.45) is 7.05 Å². The first-order valence-electron chi connectivity index (χ1n) is 5.35. The molecule has 5 nitrogen and oxygen atoms in total. The van der Waals surface area contributed by atoms with Crippen LogP contribution in [0.25, 0.3) is 11.5 Å². The van der Waals surface area contributed by atoms with Crippen LogP contribution in [0.1, 0.15) is 13.3 Å². The van der Waals surface area contributed by atoms with Gasteiger partial charge in [-0.2, -0.15) is 0 Å². The monoisotopic (exact) mass is 217 g/mol. The molecule has 16 heavy (non-hydrogen) atoms. The molecule has 1 N–H and O–H groups in total. The van der Waals surface area contributed by atoms with Crippen molar-refractivity contribution in [1.29, 1.82) is 0 Å². The number of aryl methyl sites for hydroxylation is 1. The van der Waals surface area contributed by atoms with Crippen molar-refractivity contribution >= 4 is 5.82 Å². The Labute approximate surface area is 94.6 Å². The number of aromatic nitrogens is 4. The third-order valence-corrected chi connectivity index (χ3v) is 2.24. The summed E-state index contributed by atoms with van der Waals surface area (Å²) in [6.07, 6.45) is 8.15. The van der Waals surface area contributed by atoms with Gasteiger partial charge in [0.1, 0.15) is 11.5 Å². The van der Waals surface area contributed by atoms with Crippen LogP contribution in [0.4, 0.5) is 5.82 Å². The topological polar surface area (TPSA) is 55.6 Å². The van der Waals surface area contributed by atoms with Crippen molar-refractivity contribution < 1.29 is 0 Å². The van der Waals surface area contributed by atoms with Crippen molar-refractivity contribution in [2.75, 3.05) is 11.9 Å². The lowest BCUT2D eigenvalue weighted by Crippen LogP contribution is -2.04. The number of nitrogens with one attached hydrogen (secondary N) is 1. The zero-order valence-corrected chi connectivity index (χ0v) is 9.51. The highest BCUT2D eigenvalue weighted by atomic mass is 15.1. The fourth-order valence-electron chi connectivity index (χ4n) is 1.42. The molecule has 0 unspecified atom stereocenters. The third-order valence-electron chi connectivity index (χ3n) is 2.24. The molecule has 0 aromatic carbocycles. The molecule has 0 radical (unpaired) electrons. The molecule has 0 aliphatic heterocycles. The minimum absolute atomic E-state index is 0.786. The van der Waals surface area contributed by atoms with Gasteiger partial charge in [0.2, 0.25) is 0 Å². The first-order chi connectivity index (χ1) is 7.81. The van der Waals surface area contributed by atoms with E-state index in [0.717, 1.165) is 30.3 Å². The molecule has 2 aromatic heterocycles. The summed E-state index contributed by atoms with van der Waals surface area (Å²) in [5, 5.41) is 3.21. The summed E-state index contributed by atoms with van der Waals surface area (Å²) in [6, 6.07) is 0. The predicted octanol–water partition coefficient (Wildman–Crippen LogP) is 1.70. The molecule has 0 saturated heterocycles. The Morgan fingerprint density at radius 1 is 1.38 bits per heavy atom. The van der Waals surface area contributed by atoms with E-state index in [1.165, 1.54) is 0 Å². The van der Waals surface area contributed by atoms with Gasteiger partial charge in [-0.25, -0.2) is 9.97 Å². The Morgan fingerprint density at radius 3 is 2.94 bits per heavy atom. The fraction of sp³-hybridized carbons (Fsp3) is 0.364. The molecule has 2 aromatic rings. The molecule has 2 rings (SSSR count). The van der Waals surface area contributed by atoms with Gasteiger partial charge in [0.15, 0.2) is 5.82 Å². The minimum atomic E-state index is 0.786. The normalized spacial score (nSPS) is 10.4. The van der Waals surface area contributed by atoms with Crippen molar-refractivity contribution in [2.45, 2.75) is 13.3 Å². The molecule has 0 bridgehead atoms. The maximum Gasteiger partial charge on any atom is 0.160 e. The molecule has 0 atom stereocenters. The molecule has 0 saturated carbocycles. The quantitative estimate of drug-likeness (QED) is 0.846. The van der Waals surface area contributed by atoms with Crippen LogP contribution in [0.15, 0.2) is 24.8 Å². The van der Waals surface area contributed by atoms with Crippen molar-refractivity contribution in [3.63, 3.8) is 0 Å². The maximum atomic E-state index is 4.46. The van der Waals surface area contributed by atoms with Crippen LogP contribution in [-0.4, -0.2) is 26.1 Å². The lowest BCUT2D eigenvalue weighted by atomic mass is 10.4. The van der Waals surface area contributed by atoms with Crippen LogP contribution in [0.2, 0.25) is 0 Å². The lowest BCUT2D eigenvalue weighted by molar-refractivity contribution is 0.912. The average Bonchev–Trinajstić information content (AvgIpc) is 2.73. The standard InChI is InChI=1S/C11H15N5/c1-3-4-13-10-8-12-7-9(15-10)11-14-5-6-16(11)2/h5-8H,3-4H2,1-2H3,(H,13,15). The number of hydrogen-bond donors (Lipinski definition) is 1. The molecule has 2 heterocycles. The molecule has 0 amide bonds. The Bertz CT molecular complexity index is 463. The molecule has 84 valence electrons. The van der Waals surface area contributed by atoms with Crippen LogP contribution in [-0.2, 0) is 7.05 Å². The average molecular weight is 217 g/mol. The Morgan fingerprint density at radius 2 is 2.25 bits per heavy atom. The van der Waals surface area contributed by atoms with Crippen LogP contribution < -0.4 is 5.32 Å². The Hall–Kier alpha value is -1.91. The van der Waals surface area contributed by atoms with Crippen LogP contribution >= 0.6 is 0 Å². The number of anilines is 1. The van der Waals surface area contributed by atoms with E-state index in [9.17, 15) is 0 Å². The summed E-state index contributed by atoms with van der Waals surface area (Å²) in [5.41, 5.74) is 0.786. The van der Waals surface area contributed by atoms with Crippen molar-refractivity contribution in [3.05, 3.63) is 24.8 Å². The second kappa shape index (κ2) is 4.74. The molecule has 0 aliphatic carbocycles. The molecular formula is C11H15N5. The number of nitrogens with zero attached hydrogens (tertiary/aromatic N) is 4. The lowest BCUT2D eigenvalue weighted by Gasteiger charge is -2.05. The first-order valence-corrected chi connectivity index (χ1v) is 5.35. The predicted molar refractivity (Wildman–Crippen MR) is 63.0 cm³/mol. The van der Waals surface area contributed by atoms with Crippen LogP contribution in [0.5, 0.6) is 0 Å². The van der Waals surface area contributed by atoms with E-state index in [4.69, 9.17) is 0 Å². The van der Waals surface area contributed by atoms with E-state index in [1.807, 2.05) is 17.8 Å². The second-order valence-electron chi connectivity index (χ2n) is 3.58. The largest absolute Gasteiger partial charge is 0.369 e. The van der Waals surface area contributed by atoms with Crippen molar-refractivity contribution in [3.8, 4) is 11.5 Å². The van der Waals surface area contributed by atoms with Gasteiger partial charge in [0.25, 0.3) is 0 Å².